The smallest absolute Gasteiger partial charge is 0.137 e. The van der Waals surface area contributed by atoms with E-state index in [1.165, 1.54) is 12.8 Å². The first-order valence-electron chi connectivity index (χ1n) is 5.86. The highest BCUT2D eigenvalue weighted by molar-refractivity contribution is 5.05. The van der Waals surface area contributed by atoms with Crippen LogP contribution in [0.25, 0.3) is 0 Å². The molecule has 1 aliphatic rings. The van der Waals surface area contributed by atoms with Crippen molar-refractivity contribution in [2.24, 2.45) is 0 Å². The Morgan fingerprint density at radius 2 is 2.20 bits per heavy atom. The summed E-state index contributed by atoms with van der Waals surface area (Å²) in [5, 5.41) is 11.9. The van der Waals surface area contributed by atoms with Crippen molar-refractivity contribution < 1.29 is 0 Å². The lowest BCUT2D eigenvalue weighted by Crippen LogP contribution is -2.21. The van der Waals surface area contributed by atoms with E-state index in [2.05, 4.69) is 40.9 Å². The summed E-state index contributed by atoms with van der Waals surface area (Å²) >= 11 is 0. The van der Waals surface area contributed by atoms with Gasteiger partial charge in [0, 0.05) is 18.5 Å². The second-order valence-electron chi connectivity index (χ2n) is 4.42. The van der Waals surface area contributed by atoms with Gasteiger partial charge in [-0.3, -0.25) is 0 Å². The maximum Gasteiger partial charge on any atom is 0.137 e. The van der Waals surface area contributed by atoms with Gasteiger partial charge in [0.25, 0.3) is 0 Å². The normalized spacial score (nSPS) is 18.1. The molecule has 1 aromatic rings. The largest absolute Gasteiger partial charge is 0.316 e. The predicted molar refractivity (Wildman–Crippen MR) is 60.0 cm³/mol. The van der Waals surface area contributed by atoms with Crippen molar-refractivity contribution in [2.75, 3.05) is 13.1 Å². The quantitative estimate of drug-likeness (QED) is 0.800. The molecule has 0 bridgehead atoms. The van der Waals surface area contributed by atoms with E-state index in [1.54, 1.807) is 0 Å². The minimum Gasteiger partial charge on any atom is -0.316 e. The third-order valence-corrected chi connectivity index (χ3v) is 2.95. The fraction of sp³-hybridized carbons (Fsp3) is 0.818. The first-order chi connectivity index (χ1) is 7.24. The molecule has 0 saturated heterocycles. The number of nitrogens with one attached hydrogen (secondary N) is 1. The van der Waals surface area contributed by atoms with Crippen molar-refractivity contribution in [3.8, 4) is 0 Å². The number of likely N-dealkylation sites (N-methyl/N-ethyl adjacent to an activating group) is 1. The van der Waals surface area contributed by atoms with E-state index in [9.17, 15) is 0 Å². The molecule has 1 fully saturated rings. The molecule has 1 N–H and O–H groups in total. The number of hydrogen-bond acceptors (Lipinski definition) is 3. The summed E-state index contributed by atoms with van der Waals surface area (Å²) < 4.78 is 2.32. The summed E-state index contributed by atoms with van der Waals surface area (Å²) in [4.78, 5) is 0. The lowest BCUT2D eigenvalue weighted by Gasteiger charge is -2.13. The Morgan fingerprint density at radius 1 is 1.47 bits per heavy atom. The molecule has 0 amide bonds. The summed E-state index contributed by atoms with van der Waals surface area (Å²) in [6.45, 7) is 8.39. The average molecular weight is 208 g/mol. The van der Waals surface area contributed by atoms with Gasteiger partial charge in [0.1, 0.15) is 11.6 Å². The Morgan fingerprint density at radius 3 is 2.80 bits per heavy atom. The highest BCUT2D eigenvalue weighted by Gasteiger charge is 2.29. The van der Waals surface area contributed by atoms with Crippen molar-refractivity contribution >= 4 is 0 Å². The third kappa shape index (κ3) is 2.20. The molecule has 1 saturated carbocycles. The molecule has 15 heavy (non-hydrogen) atoms. The first-order valence-corrected chi connectivity index (χ1v) is 5.86. The Kier molecular flexibility index (Phi) is 3.05. The number of rotatable bonds is 5. The number of aryl methyl sites for hydroxylation is 1. The van der Waals surface area contributed by atoms with Crippen molar-refractivity contribution in [3.63, 3.8) is 0 Å². The van der Waals surface area contributed by atoms with Crippen LogP contribution in [0.5, 0.6) is 0 Å². The first kappa shape index (κ1) is 10.6. The molecule has 84 valence electrons. The Hall–Kier alpha value is -0.900. The van der Waals surface area contributed by atoms with Gasteiger partial charge in [-0.15, -0.1) is 10.2 Å². The van der Waals surface area contributed by atoms with Gasteiger partial charge in [-0.25, -0.2) is 0 Å². The van der Waals surface area contributed by atoms with Gasteiger partial charge >= 0.3 is 0 Å². The fourth-order valence-electron chi connectivity index (χ4n) is 1.96. The summed E-state index contributed by atoms with van der Waals surface area (Å²) in [5.74, 6) is 2.67. The third-order valence-electron chi connectivity index (χ3n) is 2.95. The van der Waals surface area contributed by atoms with Crippen LogP contribution < -0.4 is 5.32 Å². The van der Waals surface area contributed by atoms with Crippen LogP contribution >= 0.6 is 0 Å². The van der Waals surface area contributed by atoms with Gasteiger partial charge in [0.15, 0.2) is 0 Å². The molecule has 0 radical (unpaired) electrons. The molecule has 0 aromatic carbocycles. The minimum absolute atomic E-state index is 0.451. The highest BCUT2D eigenvalue weighted by Crippen LogP contribution is 2.37. The molecule has 0 aliphatic heterocycles. The molecule has 2 rings (SSSR count). The maximum absolute atomic E-state index is 4.30. The van der Waals surface area contributed by atoms with Crippen LogP contribution in [-0.4, -0.2) is 27.9 Å². The van der Waals surface area contributed by atoms with Crippen LogP contribution in [0.3, 0.4) is 0 Å². The Labute approximate surface area is 91.1 Å². The Bertz CT molecular complexity index is 327. The second-order valence-corrected chi connectivity index (χ2v) is 4.42. The van der Waals surface area contributed by atoms with Crippen LogP contribution in [0, 0.1) is 6.92 Å². The van der Waals surface area contributed by atoms with E-state index in [1.807, 2.05) is 0 Å². The number of hydrogen-bond donors (Lipinski definition) is 1. The zero-order valence-electron chi connectivity index (χ0n) is 9.82. The summed E-state index contributed by atoms with van der Waals surface area (Å²) in [6.07, 6.45) is 2.58. The van der Waals surface area contributed by atoms with Gasteiger partial charge in [-0.2, -0.15) is 0 Å². The van der Waals surface area contributed by atoms with Crippen LogP contribution in [0.2, 0.25) is 0 Å². The zero-order valence-corrected chi connectivity index (χ0v) is 9.82. The lowest BCUT2D eigenvalue weighted by atomic mass is 10.1. The number of aromatic nitrogens is 3. The molecule has 1 heterocycles. The molecule has 1 aromatic heterocycles. The second kappa shape index (κ2) is 4.31. The zero-order chi connectivity index (χ0) is 10.8. The van der Waals surface area contributed by atoms with Gasteiger partial charge in [0.2, 0.25) is 0 Å². The molecule has 1 unspecified atom stereocenters. The van der Waals surface area contributed by atoms with Gasteiger partial charge in [0.05, 0.1) is 0 Å². The fourth-order valence-corrected chi connectivity index (χ4v) is 1.96. The number of nitrogens with zero attached hydrogens (tertiary/aromatic N) is 3. The van der Waals surface area contributed by atoms with Crippen molar-refractivity contribution in [1.82, 2.24) is 20.1 Å². The molecular weight excluding hydrogens is 188 g/mol. The van der Waals surface area contributed by atoms with Crippen LogP contribution in [0.1, 0.15) is 50.3 Å². The van der Waals surface area contributed by atoms with Crippen LogP contribution in [0.4, 0.5) is 0 Å². The molecule has 4 heteroatoms. The summed E-state index contributed by atoms with van der Waals surface area (Å²) in [7, 11) is 0. The van der Waals surface area contributed by atoms with E-state index >= 15 is 0 Å². The standard InChI is InChI=1S/C11H20N4/c1-4-12-7-8(2)11-14-13-9(3)15(11)10-5-6-10/h8,10,12H,4-7H2,1-3H3. The van der Waals surface area contributed by atoms with E-state index in [0.29, 0.717) is 12.0 Å². The molecule has 0 spiro atoms. The van der Waals surface area contributed by atoms with Crippen LogP contribution in [0.15, 0.2) is 0 Å². The SMILES string of the molecule is CCNCC(C)c1nnc(C)n1C1CC1. The molecule has 4 nitrogen and oxygen atoms in total. The predicted octanol–water partition coefficient (Wildman–Crippen LogP) is 1.63. The van der Waals surface area contributed by atoms with Crippen molar-refractivity contribution in [3.05, 3.63) is 11.6 Å². The minimum atomic E-state index is 0.451. The van der Waals surface area contributed by atoms with Gasteiger partial charge in [-0.05, 0) is 26.3 Å². The molecular formula is C11H20N4. The molecule has 1 atom stereocenters. The van der Waals surface area contributed by atoms with E-state index in [4.69, 9.17) is 0 Å². The summed E-state index contributed by atoms with van der Waals surface area (Å²) in [6, 6.07) is 0.680. The summed E-state index contributed by atoms with van der Waals surface area (Å²) in [5.41, 5.74) is 0. The monoisotopic (exact) mass is 208 g/mol. The van der Waals surface area contributed by atoms with Gasteiger partial charge < -0.3 is 9.88 Å². The van der Waals surface area contributed by atoms with E-state index in [0.717, 1.165) is 24.7 Å². The van der Waals surface area contributed by atoms with E-state index in [-0.39, 0.29) is 0 Å². The van der Waals surface area contributed by atoms with Gasteiger partial charge in [-0.1, -0.05) is 13.8 Å². The van der Waals surface area contributed by atoms with Crippen molar-refractivity contribution in [2.45, 2.75) is 45.6 Å². The van der Waals surface area contributed by atoms with Crippen molar-refractivity contribution in [1.29, 1.82) is 0 Å². The molecule has 1 aliphatic carbocycles. The average Bonchev–Trinajstić information content (AvgIpc) is 2.99. The highest BCUT2D eigenvalue weighted by atomic mass is 15.3. The lowest BCUT2D eigenvalue weighted by molar-refractivity contribution is 0.561. The van der Waals surface area contributed by atoms with E-state index < -0.39 is 0 Å². The Balaban J connectivity index is 2.12. The topological polar surface area (TPSA) is 42.7 Å². The van der Waals surface area contributed by atoms with Crippen LogP contribution in [-0.2, 0) is 0 Å². The maximum atomic E-state index is 4.30.